The molecule has 0 aromatic rings. The second-order valence-corrected chi connectivity index (χ2v) is 11.5. The third-order valence-electron chi connectivity index (χ3n) is 10.2. The van der Waals surface area contributed by atoms with E-state index < -0.39 is 28.9 Å². The van der Waals surface area contributed by atoms with Gasteiger partial charge in [-0.25, -0.2) is 0 Å². The highest BCUT2D eigenvalue weighted by atomic mass is 16.8. The molecule has 1 spiro atoms. The summed E-state index contributed by atoms with van der Waals surface area (Å²) in [7, 11) is 0. The summed E-state index contributed by atoms with van der Waals surface area (Å²) in [6.07, 6.45) is 5.95. The van der Waals surface area contributed by atoms with E-state index in [4.69, 9.17) is 18.9 Å². The molecule has 8 atom stereocenters. The monoisotopic (exact) mass is 450 g/mol. The van der Waals surface area contributed by atoms with Gasteiger partial charge in [0.15, 0.2) is 6.10 Å². The van der Waals surface area contributed by atoms with Crippen LogP contribution in [0, 0.1) is 28.6 Å². The van der Waals surface area contributed by atoms with Crippen molar-refractivity contribution < 1.29 is 33.6 Å². The SMILES string of the molecule is CC(=O)O[C@@H]1C2(CC[C@]3(C)[C@@H]4CC[C@@]5(C)[C@H](CC[C@H]5OC(C)=O)[C@@H]4CC[C@]13O)OCCO2. The average Bonchev–Trinajstić information content (AvgIpc) is 3.32. The second kappa shape index (κ2) is 7.41. The Morgan fingerprint density at radius 1 is 0.844 bits per heavy atom. The van der Waals surface area contributed by atoms with E-state index in [1.807, 2.05) is 0 Å². The molecule has 0 amide bonds. The average molecular weight is 451 g/mol. The first-order valence-electron chi connectivity index (χ1n) is 12.4. The molecule has 0 bridgehead atoms. The number of rotatable bonds is 2. The number of fused-ring (bicyclic) bond motifs is 5. The van der Waals surface area contributed by atoms with E-state index in [1.54, 1.807) is 0 Å². The Hall–Kier alpha value is -1.18. The second-order valence-electron chi connectivity index (χ2n) is 11.5. The fraction of sp³-hybridized carbons (Fsp3) is 0.920. The van der Waals surface area contributed by atoms with Crippen LogP contribution in [0.15, 0.2) is 0 Å². The Labute approximate surface area is 190 Å². The van der Waals surface area contributed by atoms with E-state index in [0.717, 1.165) is 38.5 Å². The van der Waals surface area contributed by atoms with Crippen LogP contribution in [0.2, 0.25) is 0 Å². The Bertz CT molecular complexity index is 791. The first kappa shape index (κ1) is 22.6. The largest absolute Gasteiger partial charge is 0.462 e. The Kier molecular flexibility index (Phi) is 5.23. The zero-order valence-corrected chi connectivity index (χ0v) is 19.9. The van der Waals surface area contributed by atoms with E-state index >= 15 is 0 Å². The summed E-state index contributed by atoms with van der Waals surface area (Å²) < 4.78 is 23.6. The fourth-order valence-corrected chi connectivity index (χ4v) is 8.70. The van der Waals surface area contributed by atoms with Gasteiger partial charge in [-0.05, 0) is 62.7 Å². The summed E-state index contributed by atoms with van der Waals surface area (Å²) in [5.74, 6) is -0.367. The lowest BCUT2D eigenvalue weighted by Gasteiger charge is -2.66. The van der Waals surface area contributed by atoms with Crippen LogP contribution in [0.4, 0.5) is 0 Å². The molecule has 180 valence electrons. The van der Waals surface area contributed by atoms with E-state index in [9.17, 15) is 14.7 Å². The van der Waals surface area contributed by atoms with Gasteiger partial charge in [-0.2, -0.15) is 0 Å². The van der Waals surface area contributed by atoms with Gasteiger partial charge in [0.25, 0.3) is 0 Å². The Morgan fingerprint density at radius 2 is 1.53 bits per heavy atom. The molecule has 0 radical (unpaired) electrons. The summed E-state index contributed by atoms with van der Waals surface area (Å²) in [6.45, 7) is 8.30. The molecular weight excluding hydrogens is 412 g/mol. The number of hydrogen-bond acceptors (Lipinski definition) is 7. The smallest absolute Gasteiger partial charge is 0.303 e. The highest BCUT2D eigenvalue weighted by Gasteiger charge is 2.72. The molecule has 1 aliphatic heterocycles. The summed E-state index contributed by atoms with van der Waals surface area (Å²) in [5.41, 5.74) is -1.58. The molecule has 0 aromatic carbocycles. The molecular formula is C25H38O7. The summed E-state index contributed by atoms with van der Waals surface area (Å²) in [5, 5.41) is 12.3. The minimum Gasteiger partial charge on any atom is -0.462 e. The summed E-state index contributed by atoms with van der Waals surface area (Å²) >= 11 is 0. The minimum atomic E-state index is -1.19. The molecule has 0 unspecified atom stereocenters. The first-order valence-corrected chi connectivity index (χ1v) is 12.4. The Balaban J connectivity index is 1.47. The minimum absolute atomic E-state index is 0.00149. The lowest BCUT2D eigenvalue weighted by atomic mass is 9.42. The molecule has 1 N–H and O–H groups in total. The fourth-order valence-electron chi connectivity index (χ4n) is 8.70. The van der Waals surface area contributed by atoms with E-state index in [-0.39, 0.29) is 17.5 Å². The number of carbonyl (C=O) groups is 2. The summed E-state index contributed by atoms with van der Waals surface area (Å²) in [6, 6.07) is 0. The van der Waals surface area contributed by atoms with Crippen LogP contribution in [0.1, 0.15) is 79.1 Å². The molecule has 5 aliphatic rings. The van der Waals surface area contributed by atoms with Crippen LogP contribution in [0.25, 0.3) is 0 Å². The van der Waals surface area contributed by atoms with Crippen LogP contribution in [-0.4, -0.2) is 53.9 Å². The predicted molar refractivity (Wildman–Crippen MR) is 114 cm³/mol. The van der Waals surface area contributed by atoms with Crippen molar-refractivity contribution in [3.05, 3.63) is 0 Å². The highest BCUT2D eigenvalue weighted by molar-refractivity contribution is 5.66. The van der Waals surface area contributed by atoms with Crippen LogP contribution in [-0.2, 0) is 28.5 Å². The molecule has 1 heterocycles. The maximum atomic E-state index is 12.3. The maximum absolute atomic E-state index is 12.3. The maximum Gasteiger partial charge on any atom is 0.303 e. The first-order chi connectivity index (χ1) is 15.1. The van der Waals surface area contributed by atoms with Gasteiger partial charge in [-0.15, -0.1) is 0 Å². The standard InChI is InChI=1S/C25H38O7/c1-15(26)31-20-6-5-18-17-7-10-24(28)21(32-16(2)27)25(29-13-14-30-25)12-11-23(24,4)19(17)8-9-22(18,20)3/h17-21,28H,5-14H2,1-4H3/t17-,18+,19+,20+,21-,22-,23+,24-/m0/s1. The summed E-state index contributed by atoms with van der Waals surface area (Å²) in [4.78, 5) is 23.8. The van der Waals surface area contributed by atoms with Gasteiger partial charge < -0.3 is 24.1 Å². The van der Waals surface area contributed by atoms with Crippen molar-refractivity contribution in [1.29, 1.82) is 0 Å². The number of esters is 2. The molecule has 0 aromatic heterocycles. The van der Waals surface area contributed by atoms with Crippen LogP contribution >= 0.6 is 0 Å². The van der Waals surface area contributed by atoms with Crippen molar-refractivity contribution in [3.63, 3.8) is 0 Å². The Morgan fingerprint density at radius 3 is 2.19 bits per heavy atom. The van der Waals surface area contributed by atoms with Crippen molar-refractivity contribution in [2.24, 2.45) is 28.6 Å². The van der Waals surface area contributed by atoms with Crippen molar-refractivity contribution in [3.8, 4) is 0 Å². The van der Waals surface area contributed by atoms with Crippen LogP contribution < -0.4 is 0 Å². The third-order valence-corrected chi connectivity index (χ3v) is 10.2. The number of hydrogen-bond donors (Lipinski definition) is 1. The van der Waals surface area contributed by atoms with Crippen LogP contribution in [0.5, 0.6) is 0 Å². The normalized spacial score (nSPS) is 49.1. The molecule has 7 heteroatoms. The zero-order chi connectivity index (χ0) is 22.9. The topological polar surface area (TPSA) is 91.3 Å². The van der Waals surface area contributed by atoms with Gasteiger partial charge in [-0.1, -0.05) is 13.8 Å². The lowest BCUT2D eigenvalue weighted by molar-refractivity contribution is -0.342. The zero-order valence-electron chi connectivity index (χ0n) is 19.9. The highest BCUT2D eigenvalue weighted by Crippen LogP contribution is 2.69. The van der Waals surface area contributed by atoms with Crippen LogP contribution in [0.3, 0.4) is 0 Å². The van der Waals surface area contributed by atoms with Crippen molar-refractivity contribution in [2.75, 3.05) is 13.2 Å². The molecule has 32 heavy (non-hydrogen) atoms. The lowest BCUT2D eigenvalue weighted by Crippen LogP contribution is -2.73. The van der Waals surface area contributed by atoms with Gasteiger partial charge in [0.05, 0.1) is 13.2 Å². The molecule has 4 saturated carbocycles. The number of ether oxygens (including phenoxy) is 4. The molecule has 1 saturated heterocycles. The third kappa shape index (κ3) is 2.96. The van der Waals surface area contributed by atoms with Gasteiger partial charge in [0.1, 0.15) is 11.7 Å². The predicted octanol–water partition coefficient (Wildman–Crippen LogP) is 3.36. The van der Waals surface area contributed by atoms with Gasteiger partial charge >= 0.3 is 11.9 Å². The van der Waals surface area contributed by atoms with Crippen molar-refractivity contribution in [2.45, 2.75) is 103 Å². The van der Waals surface area contributed by atoms with Gasteiger partial charge in [0.2, 0.25) is 5.79 Å². The van der Waals surface area contributed by atoms with Crippen molar-refractivity contribution in [1.82, 2.24) is 0 Å². The quantitative estimate of drug-likeness (QED) is 0.645. The van der Waals surface area contributed by atoms with E-state index in [0.29, 0.717) is 43.8 Å². The molecule has 5 rings (SSSR count). The van der Waals surface area contributed by atoms with Gasteiger partial charge in [-0.3, -0.25) is 9.59 Å². The molecule has 4 aliphatic carbocycles. The molecule has 7 nitrogen and oxygen atoms in total. The number of carbonyl (C=O) groups excluding carboxylic acids is 2. The molecule has 5 fully saturated rings. The van der Waals surface area contributed by atoms with Crippen molar-refractivity contribution >= 4 is 11.9 Å². The van der Waals surface area contributed by atoms with Gasteiger partial charge in [0, 0.05) is 31.1 Å². The van der Waals surface area contributed by atoms with E-state index in [2.05, 4.69) is 13.8 Å². The number of aliphatic hydroxyl groups is 1. The van der Waals surface area contributed by atoms with E-state index in [1.165, 1.54) is 13.8 Å².